The molecule has 2 fully saturated rings. The third kappa shape index (κ3) is 6.12. The zero-order chi connectivity index (χ0) is 17.3. The molecule has 2 rings (SSSR count). The monoisotopic (exact) mass is 355 g/mol. The Morgan fingerprint density at radius 1 is 0.750 bits per heavy atom. The normalized spacial score (nSPS) is 26.9. The van der Waals surface area contributed by atoms with Crippen LogP contribution in [0.4, 0.5) is 0 Å². The molecule has 1 saturated heterocycles. The minimum atomic E-state index is -2.13. The summed E-state index contributed by atoms with van der Waals surface area (Å²) in [6, 6.07) is 0. The highest BCUT2D eigenvalue weighted by Crippen LogP contribution is 2.29. The van der Waals surface area contributed by atoms with E-state index >= 15 is 0 Å². The average molecular weight is 356 g/mol. The standard InChI is InChI=1S/C20H41NO2Si/c1-22-24(3,23-2)20-16-12-7-5-4-6-8-13-17-21(20)18-19-14-10-9-11-15-19/h19-20H,4-18H2,1-3H3. The summed E-state index contributed by atoms with van der Waals surface area (Å²) in [6.07, 6.45) is 18.2. The van der Waals surface area contributed by atoms with Crippen molar-refractivity contribution in [2.45, 2.75) is 95.7 Å². The van der Waals surface area contributed by atoms with Gasteiger partial charge in [-0.05, 0) is 44.7 Å². The zero-order valence-electron chi connectivity index (χ0n) is 16.5. The molecule has 0 aromatic carbocycles. The lowest BCUT2D eigenvalue weighted by molar-refractivity contribution is 0.127. The summed E-state index contributed by atoms with van der Waals surface area (Å²) in [7, 11) is 1.62. The topological polar surface area (TPSA) is 21.7 Å². The molecule has 0 N–H and O–H groups in total. The minimum absolute atomic E-state index is 0.521. The highest BCUT2D eigenvalue weighted by Gasteiger charge is 2.43. The summed E-state index contributed by atoms with van der Waals surface area (Å²) >= 11 is 0. The van der Waals surface area contributed by atoms with E-state index in [1.54, 1.807) is 0 Å². The summed E-state index contributed by atoms with van der Waals surface area (Å²) in [6.45, 7) is 4.81. The molecule has 0 spiro atoms. The van der Waals surface area contributed by atoms with Crippen LogP contribution < -0.4 is 0 Å². The Labute approximate surface area is 151 Å². The molecule has 1 aliphatic carbocycles. The number of rotatable bonds is 5. The van der Waals surface area contributed by atoms with E-state index in [9.17, 15) is 0 Å². The van der Waals surface area contributed by atoms with Gasteiger partial charge in [0.2, 0.25) is 0 Å². The molecule has 142 valence electrons. The Hall–Kier alpha value is 0.0969. The molecule has 0 bridgehead atoms. The van der Waals surface area contributed by atoms with Crippen LogP contribution in [0.5, 0.6) is 0 Å². The quantitative estimate of drug-likeness (QED) is 0.627. The fraction of sp³-hybridized carbons (Fsp3) is 1.00. The average Bonchev–Trinajstić information content (AvgIpc) is 2.67. The van der Waals surface area contributed by atoms with E-state index in [0.717, 1.165) is 5.92 Å². The van der Waals surface area contributed by atoms with E-state index in [1.165, 1.54) is 96.6 Å². The lowest BCUT2D eigenvalue weighted by Gasteiger charge is -2.42. The predicted octanol–water partition coefficient (Wildman–Crippen LogP) is 5.28. The maximum Gasteiger partial charge on any atom is 0.352 e. The maximum absolute atomic E-state index is 6.02. The fourth-order valence-corrected chi connectivity index (χ4v) is 7.08. The molecular formula is C20H41NO2Si. The second-order valence-electron chi connectivity index (χ2n) is 8.20. The summed E-state index contributed by atoms with van der Waals surface area (Å²) in [4.78, 5) is 2.81. The Kier molecular flexibility index (Phi) is 9.31. The van der Waals surface area contributed by atoms with Crippen molar-refractivity contribution in [1.29, 1.82) is 0 Å². The Balaban J connectivity index is 2.10. The van der Waals surface area contributed by atoms with Crippen LogP contribution in [-0.4, -0.2) is 46.4 Å². The largest absolute Gasteiger partial charge is 0.397 e. The van der Waals surface area contributed by atoms with Crippen LogP contribution >= 0.6 is 0 Å². The maximum atomic E-state index is 6.02. The van der Waals surface area contributed by atoms with Crippen molar-refractivity contribution in [2.75, 3.05) is 27.3 Å². The molecule has 4 heteroatoms. The minimum Gasteiger partial charge on any atom is -0.397 e. The first-order valence-electron chi connectivity index (χ1n) is 10.5. The number of hydrogen-bond acceptors (Lipinski definition) is 3. The van der Waals surface area contributed by atoms with Crippen LogP contribution in [0.25, 0.3) is 0 Å². The molecule has 1 atom stereocenters. The smallest absolute Gasteiger partial charge is 0.352 e. The van der Waals surface area contributed by atoms with Crippen LogP contribution in [0.15, 0.2) is 0 Å². The highest BCUT2D eigenvalue weighted by molar-refractivity contribution is 6.67. The van der Waals surface area contributed by atoms with Crippen molar-refractivity contribution >= 4 is 8.56 Å². The van der Waals surface area contributed by atoms with E-state index in [-0.39, 0.29) is 0 Å². The lowest BCUT2D eigenvalue weighted by Crippen LogP contribution is -2.59. The van der Waals surface area contributed by atoms with Crippen LogP contribution in [0.1, 0.15) is 83.5 Å². The number of nitrogens with zero attached hydrogens (tertiary/aromatic N) is 1. The summed E-state index contributed by atoms with van der Waals surface area (Å²) in [5.41, 5.74) is 0.521. The second-order valence-corrected chi connectivity index (χ2v) is 11.7. The second kappa shape index (κ2) is 10.9. The van der Waals surface area contributed by atoms with Crippen molar-refractivity contribution in [3.05, 3.63) is 0 Å². The van der Waals surface area contributed by atoms with E-state index in [4.69, 9.17) is 8.85 Å². The molecule has 0 radical (unpaired) electrons. The highest BCUT2D eigenvalue weighted by atomic mass is 28.4. The third-order valence-electron chi connectivity index (χ3n) is 6.50. The van der Waals surface area contributed by atoms with Gasteiger partial charge in [-0.15, -0.1) is 0 Å². The van der Waals surface area contributed by atoms with Crippen LogP contribution in [0.3, 0.4) is 0 Å². The van der Waals surface area contributed by atoms with E-state index in [1.807, 2.05) is 14.2 Å². The molecule has 0 aromatic heterocycles. The van der Waals surface area contributed by atoms with Crippen molar-refractivity contribution in [2.24, 2.45) is 5.92 Å². The van der Waals surface area contributed by atoms with Gasteiger partial charge in [-0.3, -0.25) is 4.90 Å². The summed E-state index contributed by atoms with van der Waals surface area (Å²) in [5, 5.41) is 0. The lowest BCUT2D eigenvalue weighted by atomic mass is 9.89. The molecule has 1 unspecified atom stereocenters. The molecular weight excluding hydrogens is 314 g/mol. The van der Waals surface area contributed by atoms with Gasteiger partial charge in [-0.2, -0.15) is 0 Å². The molecule has 24 heavy (non-hydrogen) atoms. The Bertz CT molecular complexity index is 330. The molecule has 0 amide bonds. The van der Waals surface area contributed by atoms with E-state index in [0.29, 0.717) is 5.67 Å². The molecule has 1 saturated carbocycles. The van der Waals surface area contributed by atoms with Gasteiger partial charge in [-0.25, -0.2) is 0 Å². The summed E-state index contributed by atoms with van der Waals surface area (Å²) < 4.78 is 12.0. The summed E-state index contributed by atoms with van der Waals surface area (Å²) in [5.74, 6) is 0.901. The van der Waals surface area contributed by atoms with Gasteiger partial charge in [0.1, 0.15) is 0 Å². The van der Waals surface area contributed by atoms with Gasteiger partial charge in [0.15, 0.2) is 0 Å². The SMILES string of the molecule is CO[Si](C)(OC)C1CCCCCCCCCN1CC1CCCCC1. The first kappa shape index (κ1) is 20.4. The van der Waals surface area contributed by atoms with E-state index < -0.39 is 8.56 Å². The van der Waals surface area contributed by atoms with Gasteiger partial charge >= 0.3 is 8.56 Å². The van der Waals surface area contributed by atoms with Crippen LogP contribution in [-0.2, 0) is 8.85 Å². The molecule has 0 aromatic rings. The number of hydrogen-bond donors (Lipinski definition) is 0. The van der Waals surface area contributed by atoms with Gasteiger partial charge < -0.3 is 8.85 Å². The van der Waals surface area contributed by atoms with E-state index in [2.05, 4.69) is 11.4 Å². The zero-order valence-corrected chi connectivity index (χ0v) is 17.5. The van der Waals surface area contributed by atoms with Gasteiger partial charge in [0, 0.05) is 20.8 Å². The third-order valence-corrected chi connectivity index (χ3v) is 9.98. The first-order chi connectivity index (χ1) is 11.7. The van der Waals surface area contributed by atoms with Crippen molar-refractivity contribution in [3.63, 3.8) is 0 Å². The molecule has 1 heterocycles. The van der Waals surface area contributed by atoms with Crippen molar-refractivity contribution in [1.82, 2.24) is 4.90 Å². The van der Waals surface area contributed by atoms with Crippen LogP contribution in [0.2, 0.25) is 6.55 Å². The molecule has 3 nitrogen and oxygen atoms in total. The van der Waals surface area contributed by atoms with Gasteiger partial charge in [-0.1, -0.05) is 57.8 Å². The van der Waals surface area contributed by atoms with Gasteiger partial charge in [0.05, 0.1) is 5.67 Å². The van der Waals surface area contributed by atoms with Crippen molar-refractivity contribution < 1.29 is 8.85 Å². The first-order valence-corrected chi connectivity index (χ1v) is 12.9. The van der Waals surface area contributed by atoms with Crippen molar-refractivity contribution in [3.8, 4) is 0 Å². The predicted molar refractivity (Wildman–Crippen MR) is 105 cm³/mol. The Morgan fingerprint density at radius 3 is 1.88 bits per heavy atom. The fourth-order valence-electron chi connectivity index (χ4n) is 4.74. The molecule has 2 aliphatic rings. The van der Waals surface area contributed by atoms with Crippen LogP contribution in [0, 0.1) is 5.92 Å². The van der Waals surface area contributed by atoms with Gasteiger partial charge in [0.25, 0.3) is 0 Å². The Morgan fingerprint density at radius 2 is 1.25 bits per heavy atom. The molecule has 1 aliphatic heterocycles.